The largest absolute Gasteiger partial charge is 0.496 e. The monoisotopic (exact) mass is 569 g/mol. The maximum Gasteiger partial charge on any atom is 0.349 e. The summed E-state index contributed by atoms with van der Waals surface area (Å²) in [6, 6.07) is 0.954. The lowest BCUT2D eigenvalue weighted by molar-refractivity contribution is -0.120. The fraction of sp³-hybridized carbons (Fsp3) is 0.630. The van der Waals surface area contributed by atoms with E-state index < -0.39 is 15.7 Å². The number of rotatable bonds is 16. The molecule has 0 fully saturated rings. The van der Waals surface area contributed by atoms with Crippen LogP contribution in [0, 0.1) is 6.92 Å². The molecule has 9 nitrogen and oxygen atoms in total. The minimum atomic E-state index is -3.33. The number of cyclic esters (lactones) is 1. The standard InChI is InChI=1S/C27H44NO8PSi/c1-9-35-37(31,36-10-2)18-28-23(29)14-12-19(3)11-13-21-25(32-5)20(4)22-17-34-27(30)24(22)26(21)33-15-16-38(6,7)8/h11H,9-10,12-18H2,1-8H3,(H,28,29)/b19-11+. The molecule has 11 heteroatoms. The third kappa shape index (κ3) is 8.97. The number of hydrogen-bond acceptors (Lipinski definition) is 8. The van der Waals surface area contributed by atoms with E-state index in [1.165, 1.54) is 0 Å². The number of carbonyl (C=O) groups excluding carboxylic acids is 2. The predicted molar refractivity (Wildman–Crippen MR) is 151 cm³/mol. The third-order valence-corrected chi connectivity index (χ3v) is 9.80. The summed E-state index contributed by atoms with van der Waals surface area (Å²) in [4.78, 5) is 25.0. The molecule has 1 aliphatic rings. The lowest BCUT2D eigenvalue weighted by atomic mass is 9.94. The van der Waals surface area contributed by atoms with Crippen LogP contribution in [0.25, 0.3) is 0 Å². The van der Waals surface area contributed by atoms with Crippen molar-refractivity contribution < 1.29 is 37.4 Å². The molecule has 0 unspecified atom stereocenters. The van der Waals surface area contributed by atoms with Crippen LogP contribution < -0.4 is 14.8 Å². The number of hydrogen-bond donors (Lipinski definition) is 1. The van der Waals surface area contributed by atoms with Crippen LogP contribution in [0.2, 0.25) is 25.7 Å². The normalized spacial score (nSPS) is 13.8. The summed E-state index contributed by atoms with van der Waals surface area (Å²) in [5, 5.41) is 2.66. The lowest BCUT2D eigenvalue weighted by Gasteiger charge is -2.21. The van der Waals surface area contributed by atoms with Crippen molar-refractivity contribution in [3.8, 4) is 11.5 Å². The molecule has 0 aromatic heterocycles. The second kappa shape index (κ2) is 14.3. The summed E-state index contributed by atoms with van der Waals surface area (Å²) < 4.78 is 40.4. The summed E-state index contributed by atoms with van der Waals surface area (Å²) in [5.41, 5.74) is 3.98. The molecule has 0 bridgehead atoms. The van der Waals surface area contributed by atoms with Crippen molar-refractivity contribution in [3.63, 3.8) is 0 Å². The zero-order valence-corrected chi connectivity index (χ0v) is 26.0. The van der Waals surface area contributed by atoms with Gasteiger partial charge < -0.3 is 28.6 Å². The van der Waals surface area contributed by atoms with E-state index in [1.807, 2.05) is 19.9 Å². The van der Waals surface area contributed by atoms with Crippen LogP contribution in [0.4, 0.5) is 0 Å². The van der Waals surface area contributed by atoms with Gasteiger partial charge in [-0.1, -0.05) is 31.3 Å². The maximum absolute atomic E-state index is 12.6. The number of allylic oxidation sites excluding steroid dienone is 2. The molecule has 0 aliphatic carbocycles. The van der Waals surface area contributed by atoms with Gasteiger partial charge in [-0.2, -0.15) is 0 Å². The highest BCUT2D eigenvalue weighted by Crippen LogP contribution is 2.46. The Balaban J connectivity index is 2.17. The molecule has 214 valence electrons. The predicted octanol–water partition coefficient (Wildman–Crippen LogP) is 6.00. The summed E-state index contributed by atoms with van der Waals surface area (Å²) in [6.07, 6.45) is 3.08. The fourth-order valence-electron chi connectivity index (χ4n) is 4.11. The molecular weight excluding hydrogens is 525 g/mol. The van der Waals surface area contributed by atoms with Crippen molar-refractivity contribution >= 4 is 27.5 Å². The van der Waals surface area contributed by atoms with Crippen LogP contribution in [-0.2, 0) is 36.2 Å². The molecule has 1 aromatic rings. The minimum absolute atomic E-state index is 0.157. The van der Waals surface area contributed by atoms with Crippen LogP contribution in [0.5, 0.6) is 11.5 Å². The Kier molecular flexibility index (Phi) is 12.1. The molecule has 0 atom stereocenters. The van der Waals surface area contributed by atoms with Crippen molar-refractivity contribution in [1.29, 1.82) is 0 Å². The second-order valence-corrected chi connectivity index (χ2v) is 18.2. The Labute approximate surface area is 228 Å². The second-order valence-electron chi connectivity index (χ2n) is 10.5. The number of esters is 1. The highest BCUT2D eigenvalue weighted by Gasteiger charge is 2.33. The van der Waals surface area contributed by atoms with E-state index in [1.54, 1.807) is 21.0 Å². The quantitative estimate of drug-likeness (QED) is 0.112. The van der Waals surface area contributed by atoms with Gasteiger partial charge in [0, 0.05) is 25.6 Å². The highest BCUT2D eigenvalue weighted by atomic mass is 31.2. The fourth-order valence-corrected chi connectivity index (χ4v) is 6.24. The molecule has 1 amide bonds. The number of amides is 1. The minimum Gasteiger partial charge on any atom is -0.496 e. The molecule has 1 heterocycles. The van der Waals surface area contributed by atoms with E-state index in [9.17, 15) is 14.2 Å². The molecular formula is C27H44NO8PSi. The van der Waals surface area contributed by atoms with Gasteiger partial charge >= 0.3 is 13.6 Å². The molecule has 1 N–H and O–H groups in total. The number of benzene rings is 1. The highest BCUT2D eigenvalue weighted by molar-refractivity contribution is 7.53. The van der Waals surface area contributed by atoms with Crippen molar-refractivity contribution in [1.82, 2.24) is 5.32 Å². The van der Waals surface area contributed by atoms with Gasteiger partial charge in [0.15, 0.2) is 0 Å². The van der Waals surface area contributed by atoms with E-state index in [4.69, 9.17) is 23.3 Å². The molecule has 1 aliphatic heterocycles. The first-order valence-electron chi connectivity index (χ1n) is 13.2. The molecule has 0 radical (unpaired) electrons. The average Bonchev–Trinajstić information content (AvgIpc) is 3.23. The first-order chi connectivity index (χ1) is 17.9. The summed E-state index contributed by atoms with van der Waals surface area (Å²) in [7, 11) is -3.06. The molecule has 0 saturated heterocycles. The van der Waals surface area contributed by atoms with Crippen molar-refractivity contribution in [3.05, 3.63) is 33.9 Å². The first kappa shape index (κ1) is 32.1. The van der Waals surface area contributed by atoms with E-state index in [2.05, 4.69) is 25.0 Å². The molecule has 0 spiro atoms. The number of carbonyl (C=O) groups is 2. The zero-order chi connectivity index (χ0) is 28.5. The van der Waals surface area contributed by atoms with E-state index >= 15 is 0 Å². The molecule has 38 heavy (non-hydrogen) atoms. The summed E-state index contributed by atoms with van der Waals surface area (Å²) in [5.74, 6) is 0.618. The van der Waals surface area contributed by atoms with Gasteiger partial charge in [0.25, 0.3) is 0 Å². The van der Waals surface area contributed by atoms with Crippen LogP contribution in [0.1, 0.15) is 60.7 Å². The van der Waals surface area contributed by atoms with Crippen molar-refractivity contribution in [2.45, 2.75) is 79.2 Å². The zero-order valence-electron chi connectivity index (χ0n) is 24.2. The molecule has 0 saturated carbocycles. The van der Waals surface area contributed by atoms with Gasteiger partial charge in [-0.25, -0.2) is 4.79 Å². The number of nitrogens with one attached hydrogen (secondary N) is 1. The Bertz CT molecular complexity index is 1070. The topological polar surface area (TPSA) is 109 Å². The average molecular weight is 570 g/mol. The first-order valence-corrected chi connectivity index (χ1v) is 18.6. The Hall–Kier alpha value is -2.13. The number of fused-ring (bicyclic) bond motifs is 1. The molecule has 2 rings (SSSR count). The SMILES string of the molecule is CCOP(=O)(CNC(=O)CC/C(C)=C/Cc1c(OC)c(C)c2c(c1OCC[Si](C)(C)C)C(=O)OC2)OCC. The van der Waals surface area contributed by atoms with Crippen LogP contribution in [-0.4, -0.2) is 53.2 Å². The van der Waals surface area contributed by atoms with Crippen molar-refractivity contribution in [2.24, 2.45) is 0 Å². The maximum atomic E-state index is 12.6. The summed E-state index contributed by atoms with van der Waals surface area (Å²) >= 11 is 0. The smallest absolute Gasteiger partial charge is 0.349 e. The van der Waals surface area contributed by atoms with E-state index in [0.717, 1.165) is 28.3 Å². The Morgan fingerprint density at radius 3 is 2.37 bits per heavy atom. The Morgan fingerprint density at radius 1 is 1.13 bits per heavy atom. The van der Waals surface area contributed by atoms with Crippen molar-refractivity contribution in [2.75, 3.05) is 33.2 Å². The third-order valence-electron chi connectivity index (χ3n) is 6.25. The van der Waals surface area contributed by atoms with Gasteiger partial charge in [-0.05, 0) is 52.1 Å². The lowest BCUT2D eigenvalue weighted by Crippen LogP contribution is -2.25. The van der Waals surface area contributed by atoms with Crippen LogP contribution >= 0.6 is 7.60 Å². The van der Waals surface area contributed by atoms with Gasteiger partial charge in [-0.15, -0.1) is 0 Å². The van der Waals surface area contributed by atoms with Gasteiger partial charge in [0.1, 0.15) is 30.0 Å². The molecule has 1 aromatic carbocycles. The number of ether oxygens (including phenoxy) is 3. The van der Waals surface area contributed by atoms with E-state index in [0.29, 0.717) is 36.5 Å². The van der Waals surface area contributed by atoms with Crippen LogP contribution in [0.3, 0.4) is 0 Å². The number of methoxy groups -OCH3 is 1. The van der Waals surface area contributed by atoms with Gasteiger partial charge in [-0.3, -0.25) is 9.36 Å². The van der Waals surface area contributed by atoms with E-state index in [-0.39, 0.29) is 44.4 Å². The van der Waals surface area contributed by atoms with Crippen LogP contribution in [0.15, 0.2) is 11.6 Å². The van der Waals surface area contributed by atoms with Gasteiger partial charge in [0.05, 0.1) is 26.9 Å². The Morgan fingerprint density at radius 2 is 1.79 bits per heavy atom. The van der Waals surface area contributed by atoms with Gasteiger partial charge in [0.2, 0.25) is 5.91 Å². The summed E-state index contributed by atoms with van der Waals surface area (Å²) in [6.45, 7) is 15.4.